The number of ether oxygens (including phenoxy) is 1. The quantitative estimate of drug-likeness (QED) is 0.891. The largest absolute Gasteiger partial charge is 0.449 e. The maximum absolute atomic E-state index is 11.6. The average Bonchev–Trinajstić information content (AvgIpc) is 3.31. The van der Waals surface area contributed by atoms with Crippen LogP contribution in [0, 0.1) is 5.92 Å². The van der Waals surface area contributed by atoms with Crippen molar-refractivity contribution in [2.45, 2.75) is 25.7 Å². The standard InChI is InChI=1S/C15H17N3O3/c19-14-8-7-13(17-18-14)11-3-5-12(6-4-11)16-15(20)21-9-10-1-2-10/h3-6,10H,1-2,7-9H2,(H,16,20)(H,18,19). The van der Waals surface area contributed by atoms with Gasteiger partial charge in [0.05, 0.1) is 12.3 Å². The number of nitrogens with zero attached hydrogens (tertiary/aromatic N) is 1. The molecule has 2 N–H and O–H groups in total. The molecule has 110 valence electrons. The Balaban J connectivity index is 1.55. The average molecular weight is 287 g/mol. The van der Waals surface area contributed by atoms with Crippen molar-refractivity contribution in [3.63, 3.8) is 0 Å². The Bertz CT molecular complexity index is 576. The molecule has 0 spiro atoms. The number of rotatable bonds is 4. The predicted molar refractivity (Wildman–Crippen MR) is 78.1 cm³/mol. The fraction of sp³-hybridized carbons (Fsp3) is 0.400. The van der Waals surface area contributed by atoms with Gasteiger partial charge in [0.1, 0.15) is 0 Å². The molecular formula is C15H17N3O3. The van der Waals surface area contributed by atoms with Gasteiger partial charge in [0.2, 0.25) is 5.91 Å². The minimum atomic E-state index is -0.420. The minimum absolute atomic E-state index is 0.0598. The maximum atomic E-state index is 11.6. The van der Waals surface area contributed by atoms with Crippen molar-refractivity contribution in [1.29, 1.82) is 0 Å². The highest BCUT2D eigenvalue weighted by molar-refractivity contribution is 6.04. The van der Waals surface area contributed by atoms with Gasteiger partial charge < -0.3 is 4.74 Å². The van der Waals surface area contributed by atoms with Crippen molar-refractivity contribution in [2.75, 3.05) is 11.9 Å². The van der Waals surface area contributed by atoms with Gasteiger partial charge in [0, 0.05) is 18.5 Å². The lowest BCUT2D eigenvalue weighted by Crippen LogP contribution is -2.25. The Morgan fingerprint density at radius 3 is 2.67 bits per heavy atom. The number of carbonyl (C=O) groups excluding carboxylic acids is 2. The smallest absolute Gasteiger partial charge is 0.411 e. The predicted octanol–water partition coefficient (Wildman–Crippen LogP) is 2.26. The third kappa shape index (κ3) is 3.81. The molecule has 6 nitrogen and oxygen atoms in total. The number of amides is 2. The van der Waals surface area contributed by atoms with Crippen LogP contribution in [-0.2, 0) is 9.53 Å². The molecule has 21 heavy (non-hydrogen) atoms. The molecule has 2 amide bonds. The van der Waals surface area contributed by atoms with E-state index in [4.69, 9.17) is 4.74 Å². The normalized spacial score (nSPS) is 17.7. The van der Waals surface area contributed by atoms with Crippen molar-refractivity contribution < 1.29 is 14.3 Å². The van der Waals surface area contributed by atoms with Crippen molar-refractivity contribution in [1.82, 2.24) is 5.43 Å². The molecule has 1 aromatic carbocycles. The Labute approximate surface area is 122 Å². The lowest BCUT2D eigenvalue weighted by atomic mass is 10.0. The molecule has 0 bridgehead atoms. The van der Waals surface area contributed by atoms with Crippen LogP contribution in [0.3, 0.4) is 0 Å². The summed E-state index contributed by atoms with van der Waals surface area (Å²) in [5, 5.41) is 6.72. The zero-order valence-electron chi connectivity index (χ0n) is 11.6. The summed E-state index contributed by atoms with van der Waals surface area (Å²) in [6.45, 7) is 0.500. The number of carbonyl (C=O) groups is 2. The number of hydrogen-bond donors (Lipinski definition) is 2. The molecule has 2 aliphatic rings. The second-order valence-corrected chi connectivity index (χ2v) is 5.34. The van der Waals surface area contributed by atoms with Crippen LogP contribution in [0.2, 0.25) is 0 Å². The van der Waals surface area contributed by atoms with Gasteiger partial charge in [0.25, 0.3) is 0 Å². The van der Waals surface area contributed by atoms with E-state index < -0.39 is 6.09 Å². The van der Waals surface area contributed by atoms with Crippen LogP contribution in [0.25, 0.3) is 0 Å². The third-order valence-corrected chi connectivity index (χ3v) is 3.52. The van der Waals surface area contributed by atoms with Gasteiger partial charge in [-0.1, -0.05) is 12.1 Å². The van der Waals surface area contributed by atoms with E-state index in [9.17, 15) is 9.59 Å². The number of hydrazone groups is 1. The van der Waals surface area contributed by atoms with Gasteiger partial charge in [-0.25, -0.2) is 10.2 Å². The first-order valence-corrected chi connectivity index (χ1v) is 7.10. The molecule has 1 aromatic rings. The summed E-state index contributed by atoms with van der Waals surface area (Å²) in [5.41, 5.74) is 4.93. The monoisotopic (exact) mass is 287 g/mol. The van der Waals surface area contributed by atoms with Gasteiger partial charge in [-0.3, -0.25) is 10.1 Å². The number of nitrogens with one attached hydrogen (secondary N) is 2. The van der Waals surface area contributed by atoms with Crippen LogP contribution in [0.4, 0.5) is 10.5 Å². The van der Waals surface area contributed by atoms with E-state index in [0.717, 1.165) is 24.1 Å². The third-order valence-electron chi connectivity index (χ3n) is 3.52. The zero-order chi connectivity index (χ0) is 14.7. The van der Waals surface area contributed by atoms with Crippen LogP contribution in [0.1, 0.15) is 31.2 Å². The van der Waals surface area contributed by atoms with E-state index in [1.54, 1.807) is 12.1 Å². The molecular weight excluding hydrogens is 270 g/mol. The Kier molecular flexibility index (Phi) is 3.85. The van der Waals surface area contributed by atoms with E-state index in [-0.39, 0.29) is 5.91 Å². The zero-order valence-corrected chi connectivity index (χ0v) is 11.6. The van der Waals surface area contributed by atoms with Crippen LogP contribution < -0.4 is 10.7 Å². The fourth-order valence-electron chi connectivity index (χ4n) is 2.06. The van der Waals surface area contributed by atoms with Gasteiger partial charge in [-0.15, -0.1) is 0 Å². The van der Waals surface area contributed by atoms with E-state index >= 15 is 0 Å². The Morgan fingerprint density at radius 1 is 1.29 bits per heavy atom. The molecule has 1 aliphatic carbocycles. The summed E-state index contributed by atoms with van der Waals surface area (Å²) in [4.78, 5) is 22.6. The summed E-state index contributed by atoms with van der Waals surface area (Å²) in [7, 11) is 0. The van der Waals surface area contributed by atoms with Gasteiger partial charge >= 0.3 is 6.09 Å². The number of hydrogen-bond acceptors (Lipinski definition) is 4. The molecule has 0 unspecified atom stereocenters. The van der Waals surface area contributed by atoms with Gasteiger partial charge in [0.15, 0.2) is 0 Å². The van der Waals surface area contributed by atoms with E-state index in [1.165, 1.54) is 0 Å². The van der Waals surface area contributed by atoms with Crippen LogP contribution in [-0.4, -0.2) is 24.3 Å². The lowest BCUT2D eigenvalue weighted by molar-refractivity contribution is -0.121. The Hall–Kier alpha value is -2.37. The first-order chi connectivity index (χ1) is 10.2. The summed E-state index contributed by atoms with van der Waals surface area (Å²) in [6.07, 6.45) is 2.97. The summed E-state index contributed by atoms with van der Waals surface area (Å²) < 4.78 is 5.11. The second kappa shape index (κ2) is 5.95. The fourth-order valence-corrected chi connectivity index (χ4v) is 2.06. The Morgan fingerprint density at radius 2 is 2.05 bits per heavy atom. The maximum Gasteiger partial charge on any atom is 0.411 e. The SMILES string of the molecule is O=C1CCC(c2ccc(NC(=O)OCC3CC3)cc2)=NN1. The van der Waals surface area contributed by atoms with E-state index in [2.05, 4.69) is 15.8 Å². The van der Waals surface area contributed by atoms with Crippen LogP contribution >= 0.6 is 0 Å². The first kappa shape index (κ1) is 13.6. The highest BCUT2D eigenvalue weighted by atomic mass is 16.5. The van der Waals surface area contributed by atoms with Gasteiger partial charge in [-0.05, 0) is 36.5 Å². The summed E-state index contributed by atoms with van der Waals surface area (Å²) in [6, 6.07) is 7.33. The van der Waals surface area contributed by atoms with Crippen molar-refractivity contribution >= 4 is 23.4 Å². The van der Waals surface area contributed by atoms with Crippen LogP contribution in [0.15, 0.2) is 29.4 Å². The lowest BCUT2D eigenvalue weighted by Gasteiger charge is -2.12. The van der Waals surface area contributed by atoms with E-state index in [0.29, 0.717) is 31.1 Å². The number of benzene rings is 1. The first-order valence-electron chi connectivity index (χ1n) is 7.10. The molecule has 3 rings (SSSR count). The highest BCUT2D eigenvalue weighted by Gasteiger charge is 2.23. The van der Waals surface area contributed by atoms with Gasteiger partial charge in [-0.2, -0.15) is 5.10 Å². The summed E-state index contributed by atoms with van der Waals surface area (Å²) >= 11 is 0. The molecule has 0 saturated heterocycles. The van der Waals surface area contributed by atoms with Crippen LogP contribution in [0.5, 0.6) is 0 Å². The molecule has 1 saturated carbocycles. The minimum Gasteiger partial charge on any atom is -0.449 e. The van der Waals surface area contributed by atoms with Crippen molar-refractivity contribution in [3.8, 4) is 0 Å². The van der Waals surface area contributed by atoms with Crippen molar-refractivity contribution in [2.24, 2.45) is 11.0 Å². The van der Waals surface area contributed by atoms with Crippen molar-refractivity contribution in [3.05, 3.63) is 29.8 Å². The number of anilines is 1. The molecule has 0 aromatic heterocycles. The molecule has 6 heteroatoms. The highest BCUT2D eigenvalue weighted by Crippen LogP contribution is 2.28. The topological polar surface area (TPSA) is 79.8 Å². The molecule has 0 atom stereocenters. The van der Waals surface area contributed by atoms with E-state index in [1.807, 2.05) is 12.1 Å². The molecule has 0 radical (unpaired) electrons. The molecule has 1 aliphatic heterocycles. The summed E-state index contributed by atoms with van der Waals surface area (Å²) in [5.74, 6) is 0.494. The second-order valence-electron chi connectivity index (χ2n) is 5.34. The molecule has 1 fully saturated rings. The molecule has 1 heterocycles.